The minimum Gasteiger partial charge on any atom is -0.396 e. The lowest BCUT2D eigenvalue weighted by Gasteiger charge is -2.41. The van der Waals surface area contributed by atoms with Crippen LogP contribution in [0.1, 0.15) is 89.9 Å². The third-order valence-electron chi connectivity index (χ3n) is 7.97. The summed E-state index contributed by atoms with van der Waals surface area (Å²) >= 11 is 0. The summed E-state index contributed by atoms with van der Waals surface area (Å²) in [5.41, 5.74) is 0. The summed E-state index contributed by atoms with van der Waals surface area (Å²) in [4.78, 5) is 0. The summed E-state index contributed by atoms with van der Waals surface area (Å²) in [6, 6.07) is 0. The Morgan fingerprint density at radius 1 is 0.625 bits per heavy atom. The molecule has 3 rings (SSSR count). The first-order chi connectivity index (χ1) is 11.8. The van der Waals surface area contributed by atoms with Gasteiger partial charge in [-0.2, -0.15) is 0 Å². The molecular formula is C23H40O. The van der Waals surface area contributed by atoms with Gasteiger partial charge in [0, 0.05) is 6.61 Å². The maximum absolute atomic E-state index is 9.33. The van der Waals surface area contributed by atoms with Crippen LogP contribution in [0.4, 0.5) is 0 Å². The molecule has 0 saturated heterocycles. The van der Waals surface area contributed by atoms with E-state index in [-0.39, 0.29) is 0 Å². The van der Waals surface area contributed by atoms with Crippen LogP contribution in [0.2, 0.25) is 0 Å². The van der Waals surface area contributed by atoms with Gasteiger partial charge >= 0.3 is 0 Å². The molecule has 0 unspecified atom stereocenters. The summed E-state index contributed by atoms with van der Waals surface area (Å²) in [7, 11) is 0. The van der Waals surface area contributed by atoms with Gasteiger partial charge < -0.3 is 5.11 Å². The molecule has 3 fully saturated rings. The predicted octanol–water partition coefficient (Wildman–Crippen LogP) is 6.36. The van der Waals surface area contributed by atoms with E-state index in [0.29, 0.717) is 12.5 Å². The van der Waals surface area contributed by atoms with Crippen LogP contribution < -0.4 is 0 Å². The van der Waals surface area contributed by atoms with Crippen molar-refractivity contribution in [1.29, 1.82) is 0 Å². The Hall–Kier alpha value is -0.300. The zero-order valence-corrected chi connectivity index (χ0v) is 15.8. The molecule has 1 nitrogen and oxygen atoms in total. The van der Waals surface area contributed by atoms with Gasteiger partial charge in [-0.25, -0.2) is 0 Å². The van der Waals surface area contributed by atoms with Crippen molar-refractivity contribution in [3.05, 3.63) is 12.7 Å². The second kappa shape index (κ2) is 9.41. The lowest BCUT2D eigenvalue weighted by Crippen LogP contribution is -2.30. The van der Waals surface area contributed by atoms with Gasteiger partial charge in [-0.1, -0.05) is 18.9 Å². The summed E-state index contributed by atoms with van der Waals surface area (Å²) in [6.45, 7) is 4.30. The first kappa shape index (κ1) is 18.5. The van der Waals surface area contributed by atoms with Gasteiger partial charge in [0.15, 0.2) is 0 Å². The van der Waals surface area contributed by atoms with Crippen molar-refractivity contribution in [3.8, 4) is 0 Å². The monoisotopic (exact) mass is 332 g/mol. The third-order valence-corrected chi connectivity index (χ3v) is 7.97. The minimum absolute atomic E-state index is 0.426. The average Bonchev–Trinajstić information content (AvgIpc) is 2.67. The first-order valence-corrected chi connectivity index (χ1v) is 11.0. The Bertz CT molecular complexity index is 352. The van der Waals surface area contributed by atoms with Crippen LogP contribution in [0.15, 0.2) is 12.7 Å². The average molecular weight is 333 g/mol. The van der Waals surface area contributed by atoms with Crippen LogP contribution in [0.3, 0.4) is 0 Å². The molecule has 3 saturated carbocycles. The second-order valence-corrected chi connectivity index (χ2v) is 9.29. The fraction of sp³-hybridized carbons (Fsp3) is 0.913. The number of aliphatic hydroxyl groups is 1. The SMILES string of the molecule is C=CCCC1CCC(C2CCC(C3CCC(CO)CC3)CC2)CC1. The van der Waals surface area contributed by atoms with E-state index in [0.717, 1.165) is 29.6 Å². The molecule has 0 radical (unpaired) electrons. The van der Waals surface area contributed by atoms with Crippen molar-refractivity contribution in [2.24, 2.45) is 35.5 Å². The number of rotatable bonds is 6. The highest BCUT2D eigenvalue weighted by Gasteiger charge is 2.34. The van der Waals surface area contributed by atoms with E-state index in [1.165, 1.54) is 89.9 Å². The Labute approximate surface area is 150 Å². The molecule has 0 bridgehead atoms. The quantitative estimate of drug-likeness (QED) is 0.561. The Balaban J connectivity index is 1.36. The van der Waals surface area contributed by atoms with Crippen LogP contribution in [0.25, 0.3) is 0 Å². The topological polar surface area (TPSA) is 20.2 Å². The van der Waals surface area contributed by atoms with Gasteiger partial charge in [-0.05, 0) is 113 Å². The van der Waals surface area contributed by atoms with E-state index in [2.05, 4.69) is 12.7 Å². The lowest BCUT2D eigenvalue weighted by molar-refractivity contribution is 0.0924. The van der Waals surface area contributed by atoms with Crippen molar-refractivity contribution < 1.29 is 5.11 Å². The molecule has 0 aromatic rings. The molecule has 0 atom stereocenters. The number of aliphatic hydroxyl groups excluding tert-OH is 1. The smallest absolute Gasteiger partial charge is 0.0459 e. The van der Waals surface area contributed by atoms with Crippen LogP contribution in [-0.2, 0) is 0 Å². The summed E-state index contributed by atoms with van der Waals surface area (Å²) in [5, 5.41) is 9.33. The molecular weight excluding hydrogens is 292 g/mol. The van der Waals surface area contributed by atoms with Crippen molar-refractivity contribution in [1.82, 2.24) is 0 Å². The standard InChI is InChI=1S/C23H40O/c1-2-3-4-18-5-9-20(10-6-18)22-13-15-23(16-14-22)21-11-7-19(17-24)8-12-21/h2,18-24H,1,3-17H2. The van der Waals surface area contributed by atoms with Crippen molar-refractivity contribution >= 4 is 0 Å². The Kier molecular flexibility index (Phi) is 7.25. The molecule has 138 valence electrons. The third kappa shape index (κ3) is 4.87. The molecule has 0 aromatic heterocycles. The Morgan fingerprint density at radius 2 is 1.00 bits per heavy atom. The van der Waals surface area contributed by atoms with Crippen molar-refractivity contribution in [2.75, 3.05) is 6.61 Å². The summed E-state index contributed by atoms with van der Waals surface area (Å²) in [5.74, 6) is 5.73. The maximum Gasteiger partial charge on any atom is 0.0459 e. The molecule has 1 heteroatoms. The highest BCUT2D eigenvalue weighted by molar-refractivity contribution is 4.86. The van der Waals surface area contributed by atoms with Crippen molar-refractivity contribution in [3.63, 3.8) is 0 Å². The zero-order chi connectivity index (χ0) is 16.8. The fourth-order valence-electron chi connectivity index (χ4n) is 6.23. The number of allylic oxidation sites excluding steroid dienone is 1. The van der Waals surface area contributed by atoms with Gasteiger partial charge in [-0.15, -0.1) is 6.58 Å². The number of hydrogen-bond acceptors (Lipinski definition) is 1. The van der Waals surface area contributed by atoms with E-state index in [1.807, 2.05) is 0 Å². The van der Waals surface area contributed by atoms with Gasteiger partial charge in [0.25, 0.3) is 0 Å². The molecule has 0 spiro atoms. The summed E-state index contributed by atoms with van der Waals surface area (Å²) < 4.78 is 0. The van der Waals surface area contributed by atoms with Gasteiger partial charge in [-0.3, -0.25) is 0 Å². The molecule has 24 heavy (non-hydrogen) atoms. The fourth-order valence-corrected chi connectivity index (χ4v) is 6.23. The van der Waals surface area contributed by atoms with E-state index >= 15 is 0 Å². The predicted molar refractivity (Wildman–Crippen MR) is 103 cm³/mol. The number of hydrogen-bond donors (Lipinski definition) is 1. The normalized spacial score (nSPS) is 41.0. The van der Waals surface area contributed by atoms with E-state index in [1.54, 1.807) is 0 Å². The largest absolute Gasteiger partial charge is 0.396 e. The molecule has 0 heterocycles. The van der Waals surface area contributed by atoms with E-state index in [9.17, 15) is 5.11 Å². The molecule has 0 aromatic carbocycles. The maximum atomic E-state index is 9.33. The van der Waals surface area contributed by atoms with E-state index < -0.39 is 0 Å². The minimum atomic E-state index is 0.426. The molecule has 1 N–H and O–H groups in total. The summed E-state index contributed by atoms with van der Waals surface area (Å²) in [6.07, 6.45) is 22.1. The highest BCUT2D eigenvalue weighted by atomic mass is 16.3. The lowest BCUT2D eigenvalue weighted by atomic mass is 9.65. The van der Waals surface area contributed by atoms with Crippen LogP contribution >= 0.6 is 0 Å². The Morgan fingerprint density at radius 3 is 1.38 bits per heavy atom. The first-order valence-electron chi connectivity index (χ1n) is 11.0. The van der Waals surface area contributed by atoms with Gasteiger partial charge in [0.1, 0.15) is 0 Å². The molecule has 3 aliphatic carbocycles. The van der Waals surface area contributed by atoms with Crippen LogP contribution in [-0.4, -0.2) is 11.7 Å². The highest BCUT2D eigenvalue weighted by Crippen LogP contribution is 2.46. The second-order valence-electron chi connectivity index (χ2n) is 9.29. The molecule has 3 aliphatic rings. The van der Waals surface area contributed by atoms with Crippen molar-refractivity contribution in [2.45, 2.75) is 89.9 Å². The van der Waals surface area contributed by atoms with Gasteiger partial charge in [0.05, 0.1) is 0 Å². The van der Waals surface area contributed by atoms with E-state index in [4.69, 9.17) is 0 Å². The molecule has 0 aliphatic heterocycles. The molecule has 0 amide bonds. The van der Waals surface area contributed by atoms with Crippen LogP contribution in [0.5, 0.6) is 0 Å². The van der Waals surface area contributed by atoms with Crippen LogP contribution in [0, 0.1) is 35.5 Å². The van der Waals surface area contributed by atoms with Gasteiger partial charge in [0.2, 0.25) is 0 Å². The zero-order valence-electron chi connectivity index (χ0n) is 15.8.